The highest BCUT2D eigenvalue weighted by Crippen LogP contribution is 2.23. The summed E-state index contributed by atoms with van der Waals surface area (Å²) in [4.78, 5) is 14.0. The molecule has 0 aromatic heterocycles. The number of likely N-dealkylation sites (N-methyl/N-ethyl adjacent to an activating group) is 1. The van der Waals surface area contributed by atoms with E-state index in [0.717, 1.165) is 45.1 Å². The van der Waals surface area contributed by atoms with Crippen LogP contribution in [0.4, 0.5) is 4.79 Å². The molecule has 0 spiro atoms. The Kier molecular flexibility index (Phi) is 6.48. The molecule has 0 radical (unpaired) electrons. The van der Waals surface area contributed by atoms with Gasteiger partial charge in [-0.25, -0.2) is 4.79 Å². The highest BCUT2D eigenvalue weighted by atomic mass is 32.2. The Balaban J connectivity index is 1.85. The fourth-order valence-corrected chi connectivity index (χ4v) is 4.66. The van der Waals surface area contributed by atoms with Gasteiger partial charge in [0.25, 0.3) is 0 Å². The predicted molar refractivity (Wildman–Crippen MR) is 84.9 cm³/mol. The molecule has 2 aliphatic rings. The molecule has 4 atom stereocenters. The van der Waals surface area contributed by atoms with Crippen LogP contribution in [0.1, 0.15) is 45.4 Å². The van der Waals surface area contributed by atoms with Crippen LogP contribution in [0, 0.1) is 0 Å². The molecule has 21 heavy (non-hydrogen) atoms. The van der Waals surface area contributed by atoms with E-state index in [-0.39, 0.29) is 23.4 Å². The summed E-state index contributed by atoms with van der Waals surface area (Å²) < 4.78 is 17.7. The number of urea groups is 1. The lowest BCUT2D eigenvalue weighted by atomic mass is 9.95. The average Bonchev–Trinajstić information content (AvgIpc) is 2.99. The third kappa shape index (κ3) is 4.68. The van der Waals surface area contributed by atoms with Gasteiger partial charge in [-0.05, 0) is 25.7 Å². The Morgan fingerprint density at radius 3 is 2.71 bits per heavy atom. The maximum absolute atomic E-state index is 12.3. The Hall–Kier alpha value is -0.620. The highest BCUT2D eigenvalue weighted by molar-refractivity contribution is 7.85. The zero-order valence-corrected chi connectivity index (χ0v) is 14.0. The van der Waals surface area contributed by atoms with E-state index in [1.165, 1.54) is 0 Å². The first kappa shape index (κ1) is 16.7. The molecule has 122 valence electrons. The molecule has 2 fully saturated rings. The topological polar surface area (TPSA) is 58.6 Å². The molecule has 2 amide bonds. The van der Waals surface area contributed by atoms with E-state index in [4.69, 9.17) is 4.74 Å². The van der Waals surface area contributed by atoms with Gasteiger partial charge < -0.3 is 15.0 Å². The second-order valence-electron chi connectivity index (χ2n) is 6.06. The standard InChI is InChI=1S/C15H28N2O3S/c1-3-21(19)14-9-5-4-8-13(14)16-15(18)17(2)11-12-7-6-10-20-12/h12-14H,3-11H2,1-2H3,(H,16,18)/t12-,13-,14-,21+/m1/s1. The lowest BCUT2D eigenvalue weighted by Gasteiger charge is -2.33. The number of nitrogens with zero attached hydrogens (tertiary/aromatic N) is 1. The molecule has 1 aliphatic carbocycles. The van der Waals surface area contributed by atoms with Gasteiger partial charge in [0.2, 0.25) is 0 Å². The third-order valence-electron chi connectivity index (χ3n) is 4.48. The van der Waals surface area contributed by atoms with Crippen molar-refractivity contribution in [1.29, 1.82) is 0 Å². The van der Waals surface area contributed by atoms with Crippen molar-refractivity contribution in [2.24, 2.45) is 0 Å². The van der Waals surface area contributed by atoms with Crippen LogP contribution in [0.25, 0.3) is 0 Å². The lowest BCUT2D eigenvalue weighted by molar-refractivity contribution is 0.0867. The maximum atomic E-state index is 12.3. The van der Waals surface area contributed by atoms with Crippen molar-refractivity contribution in [2.45, 2.75) is 62.8 Å². The van der Waals surface area contributed by atoms with E-state index >= 15 is 0 Å². The largest absolute Gasteiger partial charge is 0.376 e. The van der Waals surface area contributed by atoms with Crippen molar-refractivity contribution in [3.63, 3.8) is 0 Å². The first-order valence-electron chi connectivity index (χ1n) is 8.12. The fraction of sp³-hybridized carbons (Fsp3) is 0.933. The summed E-state index contributed by atoms with van der Waals surface area (Å²) in [6.45, 7) is 3.40. The number of hydrogen-bond acceptors (Lipinski definition) is 3. The predicted octanol–water partition coefficient (Wildman–Crippen LogP) is 1.89. The van der Waals surface area contributed by atoms with Crippen LogP contribution in [-0.2, 0) is 15.5 Å². The number of hydrogen-bond donors (Lipinski definition) is 1. The summed E-state index contributed by atoms with van der Waals surface area (Å²) >= 11 is 0. The molecule has 0 aromatic carbocycles. The van der Waals surface area contributed by atoms with Crippen LogP contribution >= 0.6 is 0 Å². The maximum Gasteiger partial charge on any atom is 0.317 e. The second kappa shape index (κ2) is 8.13. The zero-order valence-electron chi connectivity index (χ0n) is 13.2. The molecule has 1 saturated carbocycles. The van der Waals surface area contributed by atoms with Gasteiger partial charge in [0.15, 0.2) is 0 Å². The average molecular weight is 316 g/mol. The normalized spacial score (nSPS) is 30.9. The van der Waals surface area contributed by atoms with Gasteiger partial charge in [0, 0.05) is 42.8 Å². The SMILES string of the molecule is CC[S@](=O)[C@@H]1CCCC[C@H]1NC(=O)N(C)C[C@H]1CCCO1. The quantitative estimate of drug-likeness (QED) is 0.842. The molecule has 0 unspecified atom stereocenters. The van der Waals surface area contributed by atoms with Crippen molar-refractivity contribution in [3.05, 3.63) is 0 Å². The minimum atomic E-state index is -0.835. The van der Waals surface area contributed by atoms with Crippen molar-refractivity contribution in [3.8, 4) is 0 Å². The molecule has 1 aliphatic heterocycles. The smallest absolute Gasteiger partial charge is 0.317 e. The monoisotopic (exact) mass is 316 g/mol. The number of carbonyl (C=O) groups excluding carboxylic acids is 1. The van der Waals surface area contributed by atoms with Crippen molar-refractivity contribution < 1.29 is 13.7 Å². The van der Waals surface area contributed by atoms with Gasteiger partial charge in [-0.15, -0.1) is 0 Å². The molecule has 1 saturated heterocycles. The minimum absolute atomic E-state index is 0.0546. The molecular weight excluding hydrogens is 288 g/mol. The van der Waals surface area contributed by atoms with E-state index in [9.17, 15) is 9.00 Å². The Bertz CT molecular complexity index is 372. The first-order chi connectivity index (χ1) is 10.1. The zero-order chi connectivity index (χ0) is 15.2. The molecule has 1 heterocycles. The summed E-state index contributed by atoms with van der Waals surface area (Å²) in [5.41, 5.74) is 0. The molecule has 0 aromatic rings. The summed E-state index contributed by atoms with van der Waals surface area (Å²) in [6, 6.07) is -0.00511. The van der Waals surface area contributed by atoms with Crippen LogP contribution in [0.5, 0.6) is 0 Å². The Labute approximate surface area is 130 Å². The first-order valence-corrected chi connectivity index (χ1v) is 9.50. The number of ether oxygens (including phenoxy) is 1. The van der Waals surface area contributed by atoms with E-state index in [0.29, 0.717) is 12.3 Å². The van der Waals surface area contributed by atoms with Crippen molar-refractivity contribution in [2.75, 3.05) is 26.0 Å². The van der Waals surface area contributed by atoms with Crippen LogP contribution < -0.4 is 5.32 Å². The molecule has 6 heteroatoms. The second-order valence-corrected chi connectivity index (χ2v) is 8.01. The number of amides is 2. The summed E-state index contributed by atoms with van der Waals surface area (Å²) in [6.07, 6.45) is 6.42. The molecule has 5 nitrogen and oxygen atoms in total. The number of nitrogens with one attached hydrogen (secondary N) is 1. The minimum Gasteiger partial charge on any atom is -0.376 e. The van der Waals surface area contributed by atoms with E-state index in [2.05, 4.69) is 5.32 Å². The van der Waals surface area contributed by atoms with Crippen molar-refractivity contribution in [1.82, 2.24) is 10.2 Å². The van der Waals surface area contributed by atoms with Gasteiger partial charge in [-0.3, -0.25) is 4.21 Å². The third-order valence-corrected chi connectivity index (χ3v) is 6.29. The number of carbonyl (C=O) groups is 1. The summed E-state index contributed by atoms with van der Waals surface area (Å²) in [5, 5.41) is 3.21. The van der Waals surface area contributed by atoms with Gasteiger partial charge in [0.05, 0.1) is 11.4 Å². The van der Waals surface area contributed by atoms with Gasteiger partial charge in [-0.2, -0.15) is 0 Å². The summed E-state index contributed by atoms with van der Waals surface area (Å²) in [7, 11) is 0.976. The highest BCUT2D eigenvalue weighted by Gasteiger charge is 2.31. The van der Waals surface area contributed by atoms with E-state index < -0.39 is 10.8 Å². The van der Waals surface area contributed by atoms with Crippen LogP contribution in [0.3, 0.4) is 0 Å². The van der Waals surface area contributed by atoms with Crippen LogP contribution in [-0.4, -0.2) is 58.5 Å². The van der Waals surface area contributed by atoms with Gasteiger partial charge >= 0.3 is 6.03 Å². The van der Waals surface area contributed by atoms with Crippen LogP contribution in [0.15, 0.2) is 0 Å². The summed E-state index contributed by atoms with van der Waals surface area (Å²) in [5.74, 6) is 0.669. The molecular formula is C15H28N2O3S. The van der Waals surface area contributed by atoms with Gasteiger partial charge in [0.1, 0.15) is 0 Å². The fourth-order valence-electron chi connectivity index (χ4n) is 3.24. The lowest BCUT2D eigenvalue weighted by Crippen LogP contribution is -2.51. The van der Waals surface area contributed by atoms with E-state index in [1.54, 1.807) is 4.90 Å². The Morgan fingerprint density at radius 1 is 1.29 bits per heavy atom. The van der Waals surface area contributed by atoms with Crippen molar-refractivity contribution >= 4 is 16.8 Å². The Morgan fingerprint density at radius 2 is 2.05 bits per heavy atom. The van der Waals surface area contributed by atoms with E-state index in [1.807, 2.05) is 14.0 Å². The molecule has 0 bridgehead atoms. The van der Waals surface area contributed by atoms with Crippen LogP contribution in [0.2, 0.25) is 0 Å². The van der Waals surface area contributed by atoms with Gasteiger partial charge in [-0.1, -0.05) is 19.8 Å². The molecule has 2 rings (SSSR count). The number of rotatable bonds is 5. The molecule has 1 N–H and O–H groups in total.